The zero-order chi connectivity index (χ0) is 11.7. The van der Waals surface area contributed by atoms with E-state index in [0.29, 0.717) is 18.5 Å². The molecule has 2 heterocycles. The van der Waals surface area contributed by atoms with Crippen molar-refractivity contribution in [2.45, 2.75) is 13.3 Å². The molecular weight excluding hydrogens is 209 g/mol. The van der Waals surface area contributed by atoms with Crippen LogP contribution in [0.4, 0.5) is 4.39 Å². The number of aromatic nitrogens is 2. The molecule has 1 aromatic rings. The van der Waals surface area contributed by atoms with Crippen molar-refractivity contribution in [3.8, 4) is 0 Å². The van der Waals surface area contributed by atoms with Crippen molar-refractivity contribution in [3.05, 3.63) is 29.4 Å². The van der Waals surface area contributed by atoms with Crippen LogP contribution in [0.3, 0.4) is 0 Å². The number of halogens is 1. The topological polar surface area (TPSA) is 38.1 Å². The lowest BCUT2D eigenvalue weighted by molar-refractivity contribution is 0.0754. The lowest BCUT2D eigenvalue weighted by Crippen LogP contribution is -2.35. The number of carbonyl (C=O) groups excluding carboxylic acids is 1. The molecule has 0 fully saturated rings. The molecule has 1 amide bonds. The Hall–Kier alpha value is -1.65. The van der Waals surface area contributed by atoms with Crippen LogP contribution in [-0.2, 0) is 7.05 Å². The fourth-order valence-corrected chi connectivity index (χ4v) is 1.76. The average molecular weight is 223 g/mol. The van der Waals surface area contributed by atoms with Gasteiger partial charge in [0, 0.05) is 19.3 Å². The van der Waals surface area contributed by atoms with Gasteiger partial charge < -0.3 is 4.90 Å². The fraction of sp³-hybridized carbons (Fsp3) is 0.455. The Morgan fingerprint density at radius 1 is 1.56 bits per heavy atom. The van der Waals surface area contributed by atoms with Crippen molar-refractivity contribution >= 4 is 5.91 Å². The van der Waals surface area contributed by atoms with E-state index >= 15 is 0 Å². The van der Waals surface area contributed by atoms with Crippen LogP contribution < -0.4 is 0 Å². The zero-order valence-corrected chi connectivity index (χ0v) is 9.40. The molecule has 0 atom stereocenters. The SMILES string of the molecule is Cc1c(C(=O)N2CCC=C(F)C2)cnn1C. The minimum Gasteiger partial charge on any atom is -0.332 e. The quantitative estimate of drug-likeness (QED) is 0.722. The second kappa shape index (κ2) is 4.08. The number of amides is 1. The number of nitrogens with zero attached hydrogens (tertiary/aromatic N) is 3. The highest BCUT2D eigenvalue weighted by atomic mass is 19.1. The minimum atomic E-state index is -0.235. The number of hydrogen-bond donors (Lipinski definition) is 0. The first-order chi connectivity index (χ1) is 7.59. The van der Waals surface area contributed by atoms with Crippen LogP contribution in [0.25, 0.3) is 0 Å². The maximum Gasteiger partial charge on any atom is 0.257 e. The summed E-state index contributed by atoms with van der Waals surface area (Å²) in [5, 5.41) is 4.01. The van der Waals surface area contributed by atoms with Gasteiger partial charge in [0.1, 0.15) is 5.83 Å². The molecule has 0 N–H and O–H groups in total. The van der Waals surface area contributed by atoms with Gasteiger partial charge in [0.2, 0.25) is 0 Å². The standard InChI is InChI=1S/C11H14FN3O/c1-8-10(6-13-14(8)2)11(16)15-5-3-4-9(12)7-15/h4,6H,3,5,7H2,1-2H3. The van der Waals surface area contributed by atoms with E-state index in [0.717, 1.165) is 5.69 Å². The Morgan fingerprint density at radius 2 is 2.31 bits per heavy atom. The Kier molecular flexibility index (Phi) is 2.77. The van der Waals surface area contributed by atoms with Crippen molar-refractivity contribution in [1.82, 2.24) is 14.7 Å². The summed E-state index contributed by atoms with van der Waals surface area (Å²) in [7, 11) is 1.78. The second-order valence-electron chi connectivity index (χ2n) is 3.93. The third-order valence-corrected chi connectivity index (χ3v) is 2.86. The van der Waals surface area contributed by atoms with E-state index in [1.54, 1.807) is 11.7 Å². The van der Waals surface area contributed by atoms with E-state index in [9.17, 15) is 9.18 Å². The van der Waals surface area contributed by atoms with E-state index in [1.165, 1.54) is 17.2 Å². The summed E-state index contributed by atoms with van der Waals surface area (Å²) in [6, 6.07) is 0. The second-order valence-corrected chi connectivity index (χ2v) is 3.93. The summed E-state index contributed by atoms with van der Waals surface area (Å²) < 4.78 is 14.7. The summed E-state index contributed by atoms with van der Waals surface area (Å²) in [6.45, 7) is 2.48. The number of hydrogen-bond acceptors (Lipinski definition) is 2. The van der Waals surface area contributed by atoms with Crippen LogP contribution in [0.15, 0.2) is 18.1 Å². The van der Waals surface area contributed by atoms with Crippen LogP contribution in [0.2, 0.25) is 0 Å². The van der Waals surface area contributed by atoms with Gasteiger partial charge in [-0.2, -0.15) is 5.10 Å². The Bertz CT molecular complexity index is 450. The van der Waals surface area contributed by atoms with Gasteiger partial charge in [0.15, 0.2) is 0 Å². The van der Waals surface area contributed by atoms with Crippen LogP contribution in [-0.4, -0.2) is 33.7 Å². The van der Waals surface area contributed by atoms with E-state index < -0.39 is 0 Å². The van der Waals surface area contributed by atoms with Gasteiger partial charge in [-0.1, -0.05) is 0 Å². The third kappa shape index (κ3) is 1.85. The molecule has 4 nitrogen and oxygen atoms in total. The van der Waals surface area contributed by atoms with E-state index in [2.05, 4.69) is 5.10 Å². The molecule has 0 unspecified atom stereocenters. The Labute approximate surface area is 93.3 Å². The maximum absolute atomic E-state index is 13.1. The summed E-state index contributed by atoms with van der Waals surface area (Å²) in [6.07, 6.45) is 3.64. The summed E-state index contributed by atoms with van der Waals surface area (Å²) >= 11 is 0. The first kappa shape index (κ1) is 10.9. The normalized spacial score (nSPS) is 16.2. The van der Waals surface area contributed by atoms with Crippen LogP contribution in [0, 0.1) is 6.92 Å². The maximum atomic E-state index is 13.1. The first-order valence-electron chi connectivity index (χ1n) is 5.22. The largest absolute Gasteiger partial charge is 0.332 e. The van der Waals surface area contributed by atoms with Crippen molar-refractivity contribution in [3.63, 3.8) is 0 Å². The Morgan fingerprint density at radius 3 is 2.88 bits per heavy atom. The minimum absolute atomic E-state index is 0.0766. The van der Waals surface area contributed by atoms with E-state index in [4.69, 9.17) is 0 Å². The summed E-state index contributed by atoms with van der Waals surface area (Å²) in [5.74, 6) is -0.380. The number of rotatable bonds is 1. The van der Waals surface area contributed by atoms with Crippen LogP contribution in [0.5, 0.6) is 0 Å². The molecule has 86 valence electrons. The molecule has 0 aliphatic carbocycles. The van der Waals surface area contributed by atoms with Crippen LogP contribution >= 0.6 is 0 Å². The number of carbonyl (C=O) groups is 1. The predicted octanol–water partition coefficient (Wildman–Crippen LogP) is 1.43. The molecular formula is C11H14FN3O. The Balaban J connectivity index is 2.20. The van der Waals surface area contributed by atoms with Crippen LogP contribution in [0.1, 0.15) is 22.5 Å². The molecule has 16 heavy (non-hydrogen) atoms. The highest BCUT2D eigenvalue weighted by molar-refractivity contribution is 5.95. The highest BCUT2D eigenvalue weighted by Gasteiger charge is 2.22. The smallest absolute Gasteiger partial charge is 0.257 e. The van der Waals surface area contributed by atoms with Crippen molar-refractivity contribution < 1.29 is 9.18 Å². The van der Waals surface area contributed by atoms with Crippen molar-refractivity contribution in [2.75, 3.05) is 13.1 Å². The van der Waals surface area contributed by atoms with Crippen molar-refractivity contribution in [1.29, 1.82) is 0 Å². The first-order valence-corrected chi connectivity index (χ1v) is 5.22. The molecule has 1 aliphatic heterocycles. The predicted molar refractivity (Wildman–Crippen MR) is 57.7 cm³/mol. The van der Waals surface area contributed by atoms with Gasteiger partial charge in [-0.15, -0.1) is 0 Å². The molecule has 2 rings (SSSR count). The molecule has 5 heteroatoms. The highest BCUT2D eigenvalue weighted by Crippen LogP contribution is 2.15. The molecule has 0 saturated carbocycles. The van der Waals surface area contributed by atoms with Gasteiger partial charge in [0.05, 0.1) is 18.3 Å². The van der Waals surface area contributed by atoms with E-state index in [-0.39, 0.29) is 18.3 Å². The lowest BCUT2D eigenvalue weighted by atomic mass is 10.2. The molecule has 0 bridgehead atoms. The molecule has 1 aliphatic rings. The summed E-state index contributed by atoms with van der Waals surface area (Å²) in [5.41, 5.74) is 1.36. The van der Waals surface area contributed by atoms with Gasteiger partial charge >= 0.3 is 0 Å². The summed E-state index contributed by atoms with van der Waals surface area (Å²) in [4.78, 5) is 13.6. The molecule has 1 aromatic heterocycles. The molecule has 0 spiro atoms. The molecule has 0 saturated heterocycles. The van der Waals surface area contributed by atoms with E-state index in [1.807, 2.05) is 6.92 Å². The van der Waals surface area contributed by atoms with Gasteiger partial charge in [0.25, 0.3) is 5.91 Å². The molecule has 0 radical (unpaired) electrons. The van der Waals surface area contributed by atoms with Gasteiger partial charge in [-0.3, -0.25) is 9.48 Å². The third-order valence-electron chi connectivity index (χ3n) is 2.86. The molecule has 0 aromatic carbocycles. The zero-order valence-electron chi connectivity index (χ0n) is 9.40. The fourth-order valence-electron chi connectivity index (χ4n) is 1.76. The monoisotopic (exact) mass is 223 g/mol. The van der Waals surface area contributed by atoms with Gasteiger partial charge in [-0.05, 0) is 19.4 Å². The van der Waals surface area contributed by atoms with Gasteiger partial charge in [-0.25, -0.2) is 4.39 Å². The lowest BCUT2D eigenvalue weighted by Gasteiger charge is -2.24. The average Bonchev–Trinajstić information content (AvgIpc) is 2.59. The number of aryl methyl sites for hydroxylation is 1. The van der Waals surface area contributed by atoms with Crippen molar-refractivity contribution in [2.24, 2.45) is 7.05 Å².